The van der Waals surface area contributed by atoms with Gasteiger partial charge in [0, 0.05) is 25.6 Å². The van der Waals surface area contributed by atoms with Crippen LogP contribution >= 0.6 is 12.6 Å². The molecule has 0 fully saturated rings. The van der Waals surface area contributed by atoms with E-state index >= 15 is 0 Å². The minimum Gasteiger partial charge on any atom is -0.350 e. The Labute approximate surface area is 138 Å². The number of unbranched alkanes of at least 4 members (excludes halogenated alkanes) is 5. The molecular weight excluding hydrogens is 280 g/mol. The van der Waals surface area contributed by atoms with Gasteiger partial charge in [0.2, 0.25) is 0 Å². The molecule has 0 spiro atoms. The highest BCUT2D eigenvalue weighted by atomic mass is 32.1. The maximum absolute atomic E-state index is 6.07. The highest BCUT2D eigenvalue weighted by Gasteiger charge is 2.36. The normalized spacial score (nSPS) is 13.6. The molecule has 0 aliphatic heterocycles. The van der Waals surface area contributed by atoms with Crippen LogP contribution in [0.5, 0.6) is 0 Å². The Hall–Kier alpha value is 0.270. The van der Waals surface area contributed by atoms with E-state index in [9.17, 15) is 0 Å². The quantitative estimate of drug-likeness (QED) is 0.232. The van der Waals surface area contributed by atoms with Gasteiger partial charge in [-0.3, -0.25) is 0 Å². The summed E-state index contributed by atoms with van der Waals surface area (Å²) in [5.74, 6) is 0.949. The standard InChI is InChI=1S/C18H38O2S/c1-5-8-9-10-11-12-14-17(4)18(19-6-2,20-7-3)15-13-16-21/h17,21H,5-16H2,1-4H3. The van der Waals surface area contributed by atoms with Crippen molar-refractivity contribution in [3.63, 3.8) is 0 Å². The van der Waals surface area contributed by atoms with Crippen molar-refractivity contribution < 1.29 is 9.47 Å². The van der Waals surface area contributed by atoms with Crippen LogP contribution in [0.2, 0.25) is 0 Å². The zero-order valence-corrected chi connectivity index (χ0v) is 15.7. The topological polar surface area (TPSA) is 18.5 Å². The predicted octanol–water partition coefficient (Wildman–Crippen LogP) is 5.85. The van der Waals surface area contributed by atoms with Crippen LogP contribution in [0.15, 0.2) is 0 Å². The zero-order valence-electron chi connectivity index (χ0n) is 14.8. The Morgan fingerprint density at radius 1 is 0.857 bits per heavy atom. The van der Waals surface area contributed by atoms with Crippen LogP contribution in [-0.2, 0) is 9.47 Å². The molecule has 0 saturated heterocycles. The van der Waals surface area contributed by atoms with Gasteiger partial charge in [-0.05, 0) is 32.4 Å². The molecule has 0 aromatic rings. The van der Waals surface area contributed by atoms with Crippen LogP contribution in [0.4, 0.5) is 0 Å². The number of ether oxygens (including phenoxy) is 2. The second-order valence-corrected chi connectivity index (χ2v) is 6.41. The predicted molar refractivity (Wildman–Crippen MR) is 96.2 cm³/mol. The average molecular weight is 319 g/mol. The van der Waals surface area contributed by atoms with Crippen molar-refractivity contribution in [1.82, 2.24) is 0 Å². The van der Waals surface area contributed by atoms with Crippen LogP contribution in [0.25, 0.3) is 0 Å². The Bertz CT molecular complexity index is 215. The summed E-state index contributed by atoms with van der Waals surface area (Å²) in [7, 11) is 0. The third-order valence-electron chi connectivity index (χ3n) is 4.20. The van der Waals surface area contributed by atoms with Gasteiger partial charge in [-0.1, -0.05) is 52.4 Å². The molecule has 0 radical (unpaired) electrons. The highest BCUT2D eigenvalue weighted by molar-refractivity contribution is 7.80. The van der Waals surface area contributed by atoms with Crippen LogP contribution < -0.4 is 0 Å². The molecule has 0 N–H and O–H groups in total. The molecule has 128 valence electrons. The Morgan fingerprint density at radius 3 is 1.95 bits per heavy atom. The van der Waals surface area contributed by atoms with Gasteiger partial charge in [-0.2, -0.15) is 12.6 Å². The van der Waals surface area contributed by atoms with E-state index in [1.807, 2.05) is 0 Å². The minimum absolute atomic E-state index is 0.393. The number of thiol groups is 1. The average Bonchev–Trinajstić information content (AvgIpc) is 2.48. The first-order valence-electron chi connectivity index (χ1n) is 9.05. The van der Waals surface area contributed by atoms with E-state index < -0.39 is 5.79 Å². The maximum atomic E-state index is 6.07. The largest absolute Gasteiger partial charge is 0.350 e. The molecule has 0 bridgehead atoms. The molecule has 3 heteroatoms. The van der Waals surface area contributed by atoms with Gasteiger partial charge in [-0.25, -0.2) is 0 Å². The molecule has 0 heterocycles. The molecule has 0 rings (SSSR count). The van der Waals surface area contributed by atoms with Crippen LogP contribution in [0.1, 0.15) is 85.5 Å². The van der Waals surface area contributed by atoms with Gasteiger partial charge < -0.3 is 9.47 Å². The second-order valence-electron chi connectivity index (χ2n) is 5.96. The molecule has 0 aromatic heterocycles. The van der Waals surface area contributed by atoms with Gasteiger partial charge >= 0.3 is 0 Å². The van der Waals surface area contributed by atoms with Gasteiger partial charge in [-0.15, -0.1) is 0 Å². The summed E-state index contributed by atoms with van der Waals surface area (Å²) >= 11 is 4.34. The van der Waals surface area contributed by atoms with Gasteiger partial charge in [0.15, 0.2) is 5.79 Å². The number of hydrogen-bond donors (Lipinski definition) is 1. The van der Waals surface area contributed by atoms with E-state index in [1.54, 1.807) is 0 Å². The molecular formula is C18H38O2S. The van der Waals surface area contributed by atoms with Crippen LogP contribution in [0.3, 0.4) is 0 Å². The van der Waals surface area contributed by atoms with Crippen molar-refractivity contribution in [1.29, 1.82) is 0 Å². The molecule has 0 aliphatic carbocycles. The first kappa shape index (κ1) is 21.3. The van der Waals surface area contributed by atoms with E-state index in [0.717, 1.165) is 18.6 Å². The molecule has 21 heavy (non-hydrogen) atoms. The molecule has 0 saturated carbocycles. The van der Waals surface area contributed by atoms with Crippen molar-refractivity contribution in [2.24, 2.45) is 5.92 Å². The third kappa shape index (κ3) is 9.10. The fourth-order valence-corrected chi connectivity index (χ4v) is 3.14. The smallest absolute Gasteiger partial charge is 0.170 e. The fourth-order valence-electron chi connectivity index (χ4n) is 2.98. The summed E-state index contributed by atoms with van der Waals surface area (Å²) in [6, 6.07) is 0. The van der Waals surface area contributed by atoms with E-state index in [4.69, 9.17) is 9.47 Å². The van der Waals surface area contributed by atoms with Crippen molar-refractivity contribution in [2.75, 3.05) is 19.0 Å². The van der Waals surface area contributed by atoms with Gasteiger partial charge in [0.25, 0.3) is 0 Å². The summed E-state index contributed by atoms with van der Waals surface area (Å²) in [6.45, 7) is 10.1. The molecule has 0 aliphatic rings. The lowest BCUT2D eigenvalue weighted by molar-refractivity contribution is -0.265. The van der Waals surface area contributed by atoms with Crippen molar-refractivity contribution in [3.05, 3.63) is 0 Å². The number of rotatable bonds is 15. The van der Waals surface area contributed by atoms with Crippen molar-refractivity contribution in [3.8, 4) is 0 Å². The first-order chi connectivity index (χ1) is 10.2. The molecule has 0 aromatic carbocycles. The van der Waals surface area contributed by atoms with E-state index in [1.165, 1.54) is 44.9 Å². The zero-order chi connectivity index (χ0) is 16.0. The summed E-state index contributed by atoms with van der Waals surface area (Å²) in [4.78, 5) is 0. The lowest BCUT2D eigenvalue weighted by atomic mass is 9.90. The summed E-state index contributed by atoms with van der Waals surface area (Å²) in [6.07, 6.45) is 11.3. The van der Waals surface area contributed by atoms with Crippen molar-refractivity contribution >= 4 is 12.6 Å². The maximum Gasteiger partial charge on any atom is 0.170 e. The fraction of sp³-hybridized carbons (Fsp3) is 1.00. The SMILES string of the molecule is CCCCCCCCC(C)C(CCCS)(OCC)OCC. The van der Waals surface area contributed by atoms with E-state index in [0.29, 0.717) is 19.1 Å². The van der Waals surface area contributed by atoms with E-state index in [-0.39, 0.29) is 0 Å². The summed E-state index contributed by atoms with van der Waals surface area (Å²) < 4.78 is 12.1. The Balaban J connectivity index is 4.30. The molecule has 0 amide bonds. The Kier molecular flexibility index (Phi) is 14.1. The lowest BCUT2D eigenvalue weighted by Gasteiger charge is -2.38. The monoisotopic (exact) mass is 318 g/mol. The summed E-state index contributed by atoms with van der Waals surface area (Å²) in [5, 5.41) is 0. The Morgan fingerprint density at radius 2 is 1.43 bits per heavy atom. The highest BCUT2D eigenvalue weighted by Crippen LogP contribution is 2.33. The van der Waals surface area contributed by atoms with Gasteiger partial charge in [0.05, 0.1) is 0 Å². The molecule has 1 atom stereocenters. The molecule has 1 unspecified atom stereocenters. The lowest BCUT2D eigenvalue weighted by Crippen LogP contribution is -2.43. The molecule has 2 nitrogen and oxygen atoms in total. The number of hydrogen-bond acceptors (Lipinski definition) is 3. The minimum atomic E-state index is -0.393. The van der Waals surface area contributed by atoms with Crippen LogP contribution in [0, 0.1) is 5.92 Å². The van der Waals surface area contributed by atoms with Gasteiger partial charge in [0.1, 0.15) is 0 Å². The second kappa shape index (κ2) is 13.9. The summed E-state index contributed by atoms with van der Waals surface area (Å²) in [5.41, 5.74) is 0. The van der Waals surface area contributed by atoms with Crippen LogP contribution in [-0.4, -0.2) is 24.8 Å². The van der Waals surface area contributed by atoms with Crippen molar-refractivity contribution in [2.45, 2.75) is 91.3 Å². The third-order valence-corrected chi connectivity index (χ3v) is 4.52. The first-order valence-corrected chi connectivity index (χ1v) is 9.68. The van der Waals surface area contributed by atoms with E-state index in [2.05, 4.69) is 40.3 Å².